The average molecular weight is 194 g/mol. The minimum atomic E-state index is 0.342. The van der Waals surface area contributed by atoms with Crippen LogP contribution >= 0.6 is 0 Å². The molecule has 0 unspecified atom stereocenters. The molecule has 0 radical (unpaired) electrons. The molecule has 1 aliphatic rings. The van der Waals surface area contributed by atoms with E-state index in [-0.39, 0.29) is 0 Å². The second kappa shape index (κ2) is 3.89. The van der Waals surface area contributed by atoms with Crippen LogP contribution < -0.4 is 11.5 Å². The van der Waals surface area contributed by atoms with Gasteiger partial charge in [0.25, 0.3) is 0 Å². The van der Waals surface area contributed by atoms with Crippen molar-refractivity contribution in [1.82, 2.24) is 9.97 Å². The maximum absolute atomic E-state index is 5.61. The largest absolute Gasteiger partial charge is 0.376 e. The highest BCUT2D eigenvalue weighted by Gasteiger charge is 2.16. The number of rotatable bonds is 2. The van der Waals surface area contributed by atoms with Crippen molar-refractivity contribution in [2.45, 2.75) is 19.4 Å². The lowest BCUT2D eigenvalue weighted by atomic mass is 10.1. The molecule has 0 saturated carbocycles. The van der Waals surface area contributed by atoms with Gasteiger partial charge < -0.3 is 16.2 Å². The lowest BCUT2D eigenvalue weighted by Crippen LogP contribution is -2.19. The molecular formula is C9H14N4O. The molecule has 0 bridgehead atoms. The van der Waals surface area contributed by atoms with Gasteiger partial charge in [0, 0.05) is 18.4 Å². The number of aromatic nitrogens is 2. The van der Waals surface area contributed by atoms with Gasteiger partial charge in [-0.25, -0.2) is 9.97 Å². The summed E-state index contributed by atoms with van der Waals surface area (Å²) in [6.45, 7) is 1.87. The van der Waals surface area contributed by atoms with E-state index in [0.717, 1.165) is 29.8 Å². The molecule has 2 heterocycles. The number of nitrogens with zero attached hydrogens (tertiary/aromatic N) is 2. The van der Waals surface area contributed by atoms with Crippen LogP contribution in [-0.2, 0) is 24.2 Å². The molecule has 0 fully saturated rings. The summed E-state index contributed by atoms with van der Waals surface area (Å²) < 4.78 is 5.36. The standard InChI is InChI=1S/C9H14N4O/c10-3-1-7-6-5-14-4-2-8(6)13-9(11)12-7/h1-5,10H2,(H2,11,12,13). The van der Waals surface area contributed by atoms with Gasteiger partial charge in [0.15, 0.2) is 0 Å². The Morgan fingerprint density at radius 1 is 1.36 bits per heavy atom. The van der Waals surface area contributed by atoms with E-state index in [1.165, 1.54) is 0 Å². The molecule has 1 aromatic rings. The van der Waals surface area contributed by atoms with E-state index in [1.54, 1.807) is 0 Å². The lowest BCUT2D eigenvalue weighted by Gasteiger charge is -2.18. The predicted octanol–water partition coefficient (Wildman–Crippen LogP) is -0.367. The minimum absolute atomic E-state index is 0.342. The summed E-state index contributed by atoms with van der Waals surface area (Å²) in [4.78, 5) is 8.39. The highest BCUT2D eigenvalue weighted by atomic mass is 16.5. The first kappa shape index (κ1) is 9.36. The third-order valence-electron chi connectivity index (χ3n) is 2.31. The van der Waals surface area contributed by atoms with Crippen molar-refractivity contribution < 1.29 is 4.74 Å². The Hall–Kier alpha value is -1.20. The number of hydrogen-bond acceptors (Lipinski definition) is 5. The number of ether oxygens (including phenoxy) is 1. The molecule has 2 rings (SSSR count). The van der Waals surface area contributed by atoms with Crippen molar-refractivity contribution in [2.24, 2.45) is 5.73 Å². The van der Waals surface area contributed by atoms with Gasteiger partial charge in [-0.15, -0.1) is 0 Å². The van der Waals surface area contributed by atoms with Crippen molar-refractivity contribution in [1.29, 1.82) is 0 Å². The van der Waals surface area contributed by atoms with E-state index < -0.39 is 0 Å². The smallest absolute Gasteiger partial charge is 0.220 e. The van der Waals surface area contributed by atoms with E-state index in [4.69, 9.17) is 16.2 Å². The molecule has 0 atom stereocenters. The topological polar surface area (TPSA) is 87.0 Å². The van der Waals surface area contributed by atoms with E-state index >= 15 is 0 Å². The number of hydrogen-bond donors (Lipinski definition) is 2. The Labute approximate surface area is 82.5 Å². The van der Waals surface area contributed by atoms with E-state index in [1.807, 2.05) is 0 Å². The average Bonchev–Trinajstić information content (AvgIpc) is 2.18. The molecular weight excluding hydrogens is 180 g/mol. The molecule has 4 N–H and O–H groups in total. The summed E-state index contributed by atoms with van der Waals surface area (Å²) >= 11 is 0. The molecule has 14 heavy (non-hydrogen) atoms. The van der Waals surface area contributed by atoms with Crippen LogP contribution in [0.5, 0.6) is 0 Å². The predicted molar refractivity (Wildman–Crippen MR) is 52.6 cm³/mol. The van der Waals surface area contributed by atoms with Crippen LogP contribution in [0.4, 0.5) is 5.95 Å². The van der Waals surface area contributed by atoms with Gasteiger partial charge in [-0.3, -0.25) is 0 Å². The molecule has 5 nitrogen and oxygen atoms in total. The molecule has 5 heteroatoms. The summed E-state index contributed by atoms with van der Waals surface area (Å²) in [7, 11) is 0. The maximum atomic E-state index is 5.61. The first-order chi connectivity index (χ1) is 6.81. The molecule has 0 amide bonds. The van der Waals surface area contributed by atoms with Crippen LogP contribution in [0.25, 0.3) is 0 Å². The Kier molecular flexibility index (Phi) is 2.60. The Balaban J connectivity index is 2.41. The molecule has 0 spiro atoms. The Morgan fingerprint density at radius 2 is 2.21 bits per heavy atom. The minimum Gasteiger partial charge on any atom is -0.376 e. The molecule has 76 valence electrons. The maximum Gasteiger partial charge on any atom is 0.220 e. The van der Waals surface area contributed by atoms with Crippen molar-refractivity contribution in [3.63, 3.8) is 0 Å². The Morgan fingerprint density at radius 3 is 3.00 bits per heavy atom. The fourth-order valence-electron chi connectivity index (χ4n) is 1.66. The summed E-state index contributed by atoms with van der Waals surface area (Å²) in [6, 6.07) is 0. The third-order valence-corrected chi connectivity index (χ3v) is 2.31. The number of anilines is 1. The number of fused-ring (bicyclic) bond motifs is 1. The van der Waals surface area contributed by atoms with Crippen LogP contribution in [0.15, 0.2) is 0 Å². The van der Waals surface area contributed by atoms with E-state index in [0.29, 0.717) is 25.7 Å². The molecule has 0 aliphatic carbocycles. The van der Waals surface area contributed by atoms with Gasteiger partial charge in [0.05, 0.1) is 24.6 Å². The quantitative estimate of drug-likeness (QED) is 0.671. The van der Waals surface area contributed by atoms with Gasteiger partial charge in [-0.2, -0.15) is 0 Å². The van der Waals surface area contributed by atoms with Gasteiger partial charge in [0.1, 0.15) is 0 Å². The zero-order chi connectivity index (χ0) is 9.97. The van der Waals surface area contributed by atoms with Gasteiger partial charge in [0.2, 0.25) is 5.95 Å². The number of nitrogens with two attached hydrogens (primary N) is 2. The normalized spacial score (nSPS) is 15.2. The third kappa shape index (κ3) is 1.69. The van der Waals surface area contributed by atoms with Gasteiger partial charge in [-0.05, 0) is 6.54 Å². The second-order valence-corrected chi connectivity index (χ2v) is 3.30. The first-order valence-electron chi connectivity index (χ1n) is 4.73. The molecule has 0 saturated heterocycles. The zero-order valence-corrected chi connectivity index (χ0v) is 7.99. The highest BCUT2D eigenvalue weighted by Crippen LogP contribution is 2.19. The lowest BCUT2D eigenvalue weighted by molar-refractivity contribution is 0.108. The van der Waals surface area contributed by atoms with E-state index in [9.17, 15) is 0 Å². The van der Waals surface area contributed by atoms with Crippen LogP contribution in [0.2, 0.25) is 0 Å². The summed E-state index contributed by atoms with van der Waals surface area (Å²) in [6.07, 6.45) is 1.55. The monoisotopic (exact) mass is 194 g/mol. The molecule has 1 aliphatic heterocycles. The first-order valence-corrected chi connectivity index (χ1v) is 4.73. The van der Waals surface area contributed by atoms with Crippen molar-refractivity contribution >= 4 is 5.95 Å². The van der Waals surface area contributed by atoms with Crippen molar-refractivity contribution in [2.75, 3.05) is 18.9 Å². The van der Waals surface area contributed by atoms with Crippen LogP contribution in [-0.4, -0.2) is 23.1 Å². The second-order valence-electron chi connectivity index (χ2n) is 3.30. The van der Waals surface area contributed by atoms with E-state index in [2.05, 4.69) is 9.97 Å². The summed E-state index contributed by atoms with van der Waals surface area (Å²) in [5, 5.41) is 0. The number of nitrogen functional groups attached to an aromatic ring is 1. The zero-order valence-electron chi connectivity index (χ0n) is 7.99. The van der Waals surface area contributed by atoms with Crippen LogP contribution in [0, 0.1) is 0 Å². The summed E-state index contributed by atoms with van der Waals surface area (Å²) in [5.41, 5.74) is 14.2. The van der Waals surface area contributed by atoms with Gasteiger partial charge >= 0.3 is 0 Å². The van der Waals surface area contributed by atoms with Crippen LogP contribution in [0.3, 0.4) is 0 Å². The summed E-state index contributed by atoms with van der Waals surface area (Å²) in [5.74, 6) is 0.342. The van der Waals surface area contributed by atoms with Crippen LogP contribution in [0.1, 0.15) is 17.0 Å². The van der Waals surface area contributed by atoms with Crippen molar-refractivity contribution in [3.8, 4) is 0 Å². The fraction of sp³-hybridized carbons (Fsp3) is 0.556. The Bertz CT molecular complexity index is 340. The van der Waals surface area contributed by atoms with Gasteiger partial charge in [-0.1, -0.05) is 0 Å². The highest BCUT2D eigenvalue weighted by molar-refractivity contribution is 5.32. The molecule has 1 aromatic heterocycles. The van der Waals surface area contributed by atoms with Crippen molar-refractivity contribution in [3.05, 3.63) is 17.0 Å². The fourth-order valence-corrected chi connectivity index (χ4v) is 1.66. The molecule has 0 aromatic carbocycles. The SMILES string of the molecule is NCCc1nc(N)nc2c1COCC2.